The Morgan fingerprint density at radius 3 is 2.79 bits per heavy atom. The summed E-state index contributed by atoms with van der Waals surface area (Å²) in [6.45, 7) is 2.66. The van der Waals surface area contributed by atoms with Gasteiger partial charge in [0.15, 0.2) is 5.65 Å². The molecule has 2 aromatic heterocycles. The van der Waals surface area contributed by atoms with Crippen LogP contribution in [0.25, 0.3) is 11.2 Å². The maximum absolute atomic E-state index is 13.1. The number of aryl methyl sites for hydroxylation is 3. The molecule has 2 aromatic rings. The number of alkyl halides is 3. The van der Waals surface area contributed by atoms with Gasteiger partial charge in [0.05, 0.1) is 11.5 Å². The van der Waals surface area contributed by atoms with Crippen LogP contribution in [0.1, 0.15) is 66.8 Å². The summed E-state index contributed by atoms with van der Waals surface area (Å²) in [5.41, 5.74) is 2.39. The largest absolute Gasteiger partial charge is 0.391 e. The highest BCUT2D eigenvalue weighted by Crippen LogP contribution is 2.37. The number of pyridine rings is 1. The number of hydrogen-bond acceptors (Lipinski definition) is 3. The van der Waals surface area contributed by atoms with E-state index in [9.17, 15) is 18.0 Å². The number of rotatable bonds is 2. The quantitative estimate of drug-likeness (QED) is 0.825. The minimum atomic E-state index is -4.20. The Balaban J connectivity index is 1.61. The first kappa shape index (κ1) is 19.2. The average molecular weight is 394 g/mol. The molecule has 1 fully saturated rings. The summed E-state index contributed by atoms with van der Waals surface area (Å²) in [6.07, 6.45) is 1.04. The molecule has 0 bridgehead atoms. The van der Waals surface area contributed by atoms with Gasteiger partial charge in [-0.3, -0.25) is 4.79 Å². The zero-order chi connectivity index (χ0) is 19.9. The van der Waals surface area contributed by atoms with Gasteiger partial charge in [-0.05, 0) is 45.1 Å². The molecule has 1 amide bonds. The van der Waals surface area contributed by atoms with Crippen LogP contribution >= 0.6 is 0 Å². The topological polar surface area (TPSA) is 59.8 Å². The predicted octanol–water partition coefficient (Wildman–Crippen LogP) is 4.32. The third-order valence-electron chi connectivity index (χ3n) is 5.91. The molecule has 0 radical (unpaired) electrons. The van der Waals surface area contributed by atoms with Gasteiger partial charge in [-0.2, -0.15) is 13.2 Å². The molecule has 4 rings (SSSR count). The molecule has 1 aliphatic heterocycles. The van der Waals surface area contributed by atoms with Crippen molar-refractivity contribution in [3.63, 3.8) is 0 Å². The van der Waals surface area contributed by atoms with Crippen molar-refractivity contribution in [2.45, 2.75) is 77.1 Å². The third-order valence-corrected chi connectivity index (χ3v) is 5.91. The van der Waals surface area contributed by atoms with Crippen molar-refractivity contribution in [1.82, 2.24) is 19.9 Å². The van der Waals surface area contributed by atoms with Gasteiger partial charge in [-0.15, -0.1) is 0 Å². The second kappa shape index (κ2) is 7.37. The van der Waals surface area contributed by atoms with Gasteiger partial charge in [-0.25, -0.2) is 9.97 Å². The molecule has 5 nitrogen and oxygen atoms in total. The number of nitrogens with one attached hydrogen (secondary N) is 1. The molecular formula is C20H25F3N4O. The molecule has 1 N–H and O–H groups in total. The van der Waals surface area contributed by atoms with Crippen LogP contribution in [0.5, 0.6) is 0 Å². The Hall–Kier alpha value is -2.12. The van der Waals surface area contributed by atoms with Gasteiger partial charge in [0.25, 0.3) is 5.91 Å². The molecule has 1 saturated carbocycles. The molecule has 0 saturated heterocycles. The van der Waals surface area contributed by atoms with Crippen LogP contribution in [-0.4, -0.2) is 32.7 Å². The van der Waals surface area contributed by atoms with Crippen molar-refractivity contribution in [3.8, 4) is 0 Å². The van der Waals surface area contributed by atoms with E-state index < -0.39 is 18.1 Å². The molecular weight excluding hydrogens is 369 g/mol. The van der Waals surface area contributed by atoms with Crippen molar-refractivity contribution < 1.29 is 18.0 Å². The second-order valence-corrected chi connectivity index (χ2v) is 8.05. The van der Waals surface area contributed by atoms with Crippen LogP contribution in [-0.2, 0) is 13.0 Å². The molecule has 1 aliphatic carbocycles. The van der Waals surface area contributed by atoms with E-state index in [0.717, 1.165) is 38.1 Å². The molecule has 3 heterocycles. The number of imidazole rings is 1. The van der Waals surface area contributed by atoms with Crippen molar-refractivity contribution in [2.75, 3.05) is 0 Å². The summed E-state index contributed by atoms with van der Waals surface area (Å²) >= 11 is 0. The SMILES string of the molecule is Cc1cc(C(=O)N[C@H]2CCC[C@H](C(F)(F)F)C2)c2nc3n(c2n1)CCCCC3. The maximum atomic E-state index is 13.1. The highest BCUT2D eigenvalue weighted by molar-refractivity contribution is 6.04. The first-order valence-corrected chi connectivity index (χ1v) is 10.1. The molecule has 28 heavy (non-hydrogen) atoms. The number of aromatic nitrogens is 3. The molecule has 2 aliphatic rings. The Kier molecular flexibility index (Phi) is 5.05. The molecule has 0 unspecified atom stereocenters. The fraction of sp³-hybridized carbons (Fsp3) is 0.650. The lowest BCUT2D eigenvalue weighted by atomic mass is 9.85. The maximum Gasteiger partial charge on any atom is 0.391 e. The summed E-state index contributed by atoms with van der Waals surface area (Å²) in [6, 6.07) is 1.23. The molecule has 8 heteroatoms. The molecule has 152 valence electrons. The smallest absolute Gasteiger partial charge is 0.349 e. The van der Waals surface area contributed by atoms with E-state index in [1.807, 2.05) is 6.92 Å². The van der Waals surface area contributed by atoms with E-state index in [4.69, 9.17) is 0 Å². The van der Waals surface area contributed by atoms with E-state index in [1.54, 1.807) is 6.07 Å². The highest BCUT2D eigenvalue weighted by Gasteiger charge is 2.42. The normalized spacial score (nSPS) is 23.3. The first-order chi connectivity index (χ1) is 13.3. The van der Waals surface area contributed by atoms with E-state index in [2.05, 4.69) is 19.9 Å². The van der Waals surface area contributed by atoms with Crippen LogP contribution in [0.4, 0.5) is 13.2 Å². The zero-order valence-corrected chi connectivity index (χ0v) is 16.0. The van der Waals surface area contributed by atoms with Crippen LogP contribution in [0.2, 0.25) is 0 Å². The monoisotopic (exact) mass is 394 g/mol. The number of fused-ring (bicyclic) bond motifs is 3. The fourth-order valence-electron chi connectivity index (χ4n) is 4.47. The van der Waals surface area contributed by atoms with Crippen molar-refractivity contribution in [2.24, 2.45) is 5.92 Å². The number of carbonyl (C=O) groups excluding carboxylic acids is 1. The van der Waals surface area contributed by atoms with E-state index in [1.165, 1.54) is 0 Å². The minimum Gasteiger partial charge on any atom is -0.349 e. The summed E-state index contributed by atoms with van der Waals surface area (Å²) in [5.74, 6) is -0.750. The fourth-order valence-corrected chi connectivity index (χ4v) is 4.47. The van der Waals surface area contributed by atoms with Crippen LogP contribution in [0, 0.1) is 12.8 Å². The van der Waals surface area contributed by atoms with Crippen molar-refractivity contribution >= 4 is 17.1 Å². The van der Waals surface area contributed by atoms with E-state index >= 15 is 0 Å². The van der Waals surface area contributed by atoms with Crippen LogP contribution in [0.15, 0.2) is 6.07 Å². The molecule has 0 aromatic carbocycles. The van der Waals surface area contributed by atoms with Gasteiger partial charge >= 0.3 is 6.18 Å². The predicted molar refractivity (Wildman–Crippen MR) is 99.1 cm³/mol. The first-order valence-electron chi connectivity index (χ1n) is 10.1. The lowest BCUT2D eigenvalue weighted by Crippen LogP contribution is -2.41. The Labute approximate surface area is 161 Å². The number of amides is 1. The summed E-state index contributed by atoms with van der Waals surface area (Å²) in [7, 11) is 0. The molecule has 0 spiro atoms. The number of nitrogens with zero attached hydrogens (tertiary/aromatic N) is 3. The van der Waals surface area contributed by atoms with E-state index in [-0.39, 0.29) is 18.7 Å². The second-order valence-electron chi connectivity index (χ2n) is 8.05. The number of hydrogen-bond donors (Lipinski definition) is 1. The van der Waals surface area contributed by atoms with Gasteiger partial charge in [0, 0.05) is 24.7 Å². The number of halogens is 3. The Bertz CT molecular complexity index is 890. The van der Waals surface area contributed by atoms with Gasteiger partial charge in [0.2, 0.25) is 0 Å². The summed E-state index contributed by atoms with van der Waals surface area (Å²) in [5, 5.41) is 2.83. The lowest BCUT2D eigenvalue weighted by molar-refractivity contribution is -0.183. The highest BCUT2D eigenvalue weighted by atomic mass is 19.4. The Morgan fingerprint density at radius 2 is 2.00 bits per heavy atom. The standard InChI is InChI=1S/C20H25F3N4O/c1-12-10-15(17-18(24-12)27-9-4-2-3-8-16(27)26-17)19(28)25-14-7-5-6-13(11-14)20(21,22)23/h10,13-14H,2-9,11H2,1H3,(H,25,28)/t13-,14-/m0/s1. The van der Waals surface area contributed by atoms with Gasteiger partial charge in [0.1, 0.15) is 11.3 Å². The summed E-state index contributed by atoms with van der Waals surface area (Å²) < 4.78 is 41.3. The third kappa shape index (κ3) is 3.73. The van der Waals surface area contributed by atoms with Crippen LogP contribution < -0.4 is 5.32 Å². The van der Waals surface area contributed by atoms with E-state index in [0.29, 0.717) is 35.3 Å². The Morgan fingerprint density at radius 1 is 1.18 bits per heavy atom. The zero-order valence-electron chi connectivity index (χ0n) is 16.0. The van der Waals surface area contributed by atoms with Crippen molar-refractivity contribution in [1.29, 1.82) is 0 Å². The van der Waals surface area contributed by atoms with Gasteiger partial charge < -0.3 is 9.88 Å². The molecule has 2 atom stereocenters. The minimum absolute atomic E-state index is 0.0534. The van der Waals surface area contributed by atoms with Gasteiger partial charge in [-0.1, -0.05) is 12.8 Å². The average Bonchev–Trinajstić information content (AvgIpc) is 2.82. The van der Waals surface area contributed by atoms with Crippen molar-refractivity contribution in [3.05, 3.63) is 23.1 Å². The summed E-state index contributed by atoms with van der Waals surface area (Å²) in [4.78, 5) is 22.2. The number of carbonyl (C=O) groups is 1. The van der Waals surface area contributed by atoms with Crippen LogP contribution in [0.3, 0.4) is 0 Å². The lowest BCUT2D eigenvalue weighted by Gasteiger charge is -2.31.